The van der Waals surface area contributed by atoms with E-state index in [2.05, 4.69) is 15.0 Å². The third-order valence-corrected chi connectivity index (χ3v) is 4.38. The fraction of sp³-hybridized carbons (Fsp3) is 0.214. The third kappa shape index (κ3) is 3.99. The SMILES string of the molecule is CNc1ncccc1S(=O)(=O)NCCc1cccc(F)c1. The molecule has 1 aromatic carbocycles. The zero-order valence-corrected chi connectivity index (χ0v) is 12.3. The van der Waals surface area contributed by atoms with Crippen molar-refractivity contribution in [3.05, 3.63) is 54.0 Å². The zero-order chi connectivity index (χ0) is 15.3. The molecule has 1 heterocycles. The first kappa shape index (κ1) is 15.4. The van der Waals surface area contributed by atoms with E-state index < -0.39 is 10.0 Å². The molecule has 0 spiro atoms. The van der Waals surface area contributed by atoms with Crippen molar-refractivity contribution in [2.75, 3.05) is 18.9 Å². The monoisotopic (exact) mass is 309 g/mol. The van der Waals surface area contributed by atoms with Crippen LogP contribution in [0.1, 0.15) is 5.56 Å². The molecule has 0 unspecified atom stereocenters. The molecular formula is C14H16FN3O2S. The quantitative estimate of drug-likeness (QED) is 0.853. The zero-order valence-electron chi connectivity index (χ0n) is 11.5. The number of aromatic nitrogens is 1. The number of nitrogens with one attached hydrogen (secondary N) is 2. The van der Waals surface area contributed by atoms with Crippen molar-refractivity contribution in [3.8, 4) is 0 Å². The summed E-state index contributed by atoms with van der Waals surface area (Å²) in [7, 11) is -2.05. The third-order valence-electron chi connectivity index (χ3n) is 2.89. The molecule has 1 aromatic heterocycles. The van der Waals surface area contributed by atoms with Gasteiger partial charge in [0.05, 0.1) is 0 Å². The Labute approximate surface area is 123 Å². The maximum Gasteiger partial charge on any atom is 0.244 e. The molecule has 7 heteroatoms. The van der Waals surface area contributed by atoms with Crippen LogP contribution in [0.4, 0.5) is 10.2 Å². The number of halogens is 1. The molecule has 0 fully saturated rings. The van der Waals surface area contributed by atoms with Crippen LogP contribution >= 0.6 is 0 Å². The average Bonchev–Trinajstić information content (AvgIpc) is 2.47. The number of sulfonamides is 1. The second kappa shape index (κ2) is 6.64. The molecule has 2 rings (SSSR count). The summed E-state index contributed by atoms with van der Waals surface area (Å²) in [6, 6.07) is 9.12. The molecule has 2 N–H and O–H groups in total. The van der Waals surface area contributed by atoms with Gasteiger partial charge in [-0.25, -0.2) is 22.5 Å². The Hall–Kier alpha value is -1.99. The summed E-state index contributed by atoms with van der Waals surface area (Å²) >= 11 is 0. The van der Waals surface area contributed by atoms with Crippen molar-refractivity contribution in [2.24, 2.45) is 0 Å². The highest BCUT2D eigenvalue weighted by atomic mass is 32.2. The van der Waals surface area contributed by atoms with Gasteiger partial charge < -0.3 is 5.32 Å². The van der Waals surface area contributed by atoms with Crippen LogP contribution < -0.4 is 10.0 Å². The minimum Gasteiger partial charge on any atom is -0.372 e. The largest absolute Gasteiger partial charge is 0.372 e. The van der Waals surface area contributed by atoms with Gasteiger partial charge in [-0.05, 0) is 36.2 Å². The van der Waals surface area contributed by atoms with Crippen molar-refractivity contribution in [1.29, 1.82) is 0 Å². The first-order valence-corrected chi connectivity index (χ1v) is 7.88. The van der Waals surface area contributed by atoms with Gasteiger partial charge in [-0.1, -0.05) is 12.1 Å². The molecule has 0 aliphatic rings. The van der Waals surface area contributed by atoms with Gasteiger partial charge in [0, 0.05) is 19.8 Å². The van der Waals surface area contributed by atoms with Crippen LogP contribution in [0.25, 0.3) is 0 Å². The van der Waals surface area contributed by atoms with Crippen LogP contribution in [-0.2, 0) is 16.4 Å². The highest BCUT2D eigenvalue weighted by Crippen LogP contribution is 2.16. The van der Waals surface area contributed by atoms with Crippen LogP contribution in [0.3, 0.4) is 0 Å². The number of rotatable bonds is 6. The average molecular weight is 309 g/mol. The second-order valence-corrected chi connectivity index (χ2v) is 6.11. The Bertz CT molecular complexity index is 720. The lowest BCUT2D eigenvalue weighted by Crippen LogP contribution is -2.27. The first-order valence-electron chi connectivity index (χ1n) is 6.40. The standard InChI is InChI=1S/C14H16FN3O2S/c1-16-14-13(6-3-8-17-14)21(19,20)18-9-7-11-4-2-5-12(15)10-11/h2-6,8,10,18H,7,9H2,1H3,(H,16,17). The molecule has 21 heavy (non-hydrogen) atoms. The van der Waals surface area contributed by atoms with Gasteiger partial charge >= 0.3 is 0 Å². The van der Waals surface area contributed by atoms with Crippen molar-refractivity contribution in [3.63, 3.8) is 0 Å². The summed E-state index contributed by atoms with van der Waals surface area (Å²) in [6.07, 6.45) is 1.92. The molecule has 2 aromatic rings. The molecule has 0 saturated heterocycles. The Kier molecular flexibility index (Phi) is 4.87. The Balaban J connectivity index is 2.05. The fourth-order valence-electron chi connectivity index (χ4n) is 1.90. The summed E-state index contributed by atoms with van der Waals surface area (Å²) < 4.78 is 39.9. The van der Waals surface area contributed by atoms with Gasteiger partial charge in [-0.15, -0.1) is 0 Å². The maximum atomic E-state index is 13.0. The first-order chi connectivity index (χ1) is 10.0. The van der Waals surface area contributed by atoms with E-state index in [0.717, 1.165) is 5.56 Å². The minimum atomic E-state index is -3.65. The number of nitrogens with zero attached hydrogens (tertiary/aromatic N) is 1. The normalized spacial score (nSPS) is 11.3. The van der Waals surface area contributed by atoms with Crippen LogP contribution in [0, 0.1) is 5.82 Å². The van der Waals surface area contributed by atoms with E-state index in [1.165, 1.54) is 24.4 Å². The molecular weight excluding hydrogens is 293 g/mol. The van der Waals surface area contributed by atoms with E-state index >= 15 is 0 Å². The van der Waals surface area contributed by atoms with E-state index in [0.29, 0.717) is 6.42 Å². The highest BCUT2D eigenvalue weighted by molar-refractivity contribution is 7.89. The Morgan fingerprint density at radius 3 is 2.76 bits per heavy atom. The van der Waals surface area contributed by atoms with E-state index in [4.69, 9.17) is 0 Å². The van der Waals surface area contributed by atoms with Crippen molar-refractivity contribution in [2.45, 2.75) is 11.3 Å². The number of hydrogen-bond donors (Lipinski definition) is 2. The molecule has 5 nitrogen and oxygen atoms in total. The summed E-state index contributed by atoms with van der Waals surface area (Å²) in [5.74, 6) is -0.0455. The van der Waals surface area contributed by atoms with Crippen LogP contribution in [0.5, 0.6) is 0 Å². The van der Waals surface area contributed by atoms with Gasteiger partial charge in [0.1, 0.15) is 16.5 Å². The van der Waals surface area contributed by atoms with Crippen molar-refractivity contribution >= 4 is 15.8 Å². The molecule has 0 bridgehead atoms. The molecule has 112 valence electrons. The van der Waals surface area contributed by atoms with E-state index in [1.807, 2.05) is 0 Å². The molecule has 0 aliphatic carbocycles. The van der Waals surface area contributed by atoms with Crippen LogP contribution in [0.2, 0.25) is 0 Å². The smallest absolute Gasteiger partial charge is 0.244 e. The van der Waals surface area contributed by atoms with Crippen LogP contribution in [0.15, 0.2) is 47.5 Å². The molecule has 0 aliphatic heterocycles. The summed E-state index contributed by atoms with van der Waals surface area (Å²) in [6.45, 7) is 0.184. The van der Waals surface area contributed by atoms with Gasteiger partial charge in [0.15, 0.2) is 0 Å². The highest BCUT2D eigenvalue weighted by Gasteiger charge is 2.18. The molecule has 0 amide bonds. The van der Waals surface area contributed by atoms with E-state index in [-0.39, 0.29) is 23.1 Å². The minimum absolute atomic E-state index is 0.0896. The number of benzene rings is 1. The topological polar surface area (TPSA) is 71.1 Å². The summed E-state index contributed by atoms with van der Waals surface area (Å²) in [5, 5.41) is 2.74. The second-order valence-electron chi connectivity index (χ2n) is 4.38. The van der Waals surface area contributed by atoms with Crippen molar-refractivity contribution < 1.29 is 12.8 Å². The van der Waals surface area contributed by atoms with Gasteiger partial charge in [-0.2, -0.15) is 0 Å². The lowest BCUT2D eigenvalue weighted by Gasteiger charge is -2.10. The fourth-order valence-corrected chi connectivity index (χ4v) is 3.09. The Morgan fingerprint density at radius 2 is 2.05 bits per heavy atom. The lowest BCUT2D eigenvalue weighted by atomic mass is 10.1. The van der Waals surface area contributed by atoms with Crippen LogP contribution in [-0.4, -0.2) is 27.0 Å². The number of pyridine rings is 1. The predicted octanol–water partition coefficient (Wildman–Crippen LogP) is 1.78. The predicted molar refractivity (Wildman–Crippen MR) is 79.1 cm³/mol. The number of anilines is 1. The van der Waals surface area contributed by atoms with Gasteiger partial charge in [0.2, 0.25) is 10.0 Å². The van der Waals surface area contributed by atoms with Crippen molar-refractivity contribution in [1.82, 2.24) is 9.71 Å². The maximum absolute atomic E-state index is 13.0. The molecule has 0 saturated carbocycles. The molecule has 0 atom stereocenters. The summed E-state index contributed by atoms with van der Waals surface area (Å²) in [5.41, 5.74) is 0.734. The van der Waals surface area contributed by atoms with Gasteiger partial charge in [-0.3, -0.25) is 0 Å². The lowest BCUT2D eigenvalue weighted by molar-refractivity contribution is 0.581. The van der Waals surface area contributed by atoms with Gasteiger partial charge in [0.25, 0.3) is 0 Å². The summed E-state index contributed by atoms with van der Waals surface area (Å²) in [4.78, 5) is 4.05. The Morgan fingerprint density at radius 1 is 1.24 bits per heavy atom. The van der Waals surface area contributed by atoms with E-state index in [9.17, 15) is 12.8 Å². The molecule has 0 radical (unpaired) electrons. The number of hydrogen-bond acceptors (Lipinski definition) is 4. The van der Waals surface area contributed by atoms with E-state index in [1.54, 1.807) is 25.2 Å².